The van der Waals surface area contributed by atoms with Gasteiger partial charge in [0.2, 0.25) is 5.91 Å². The molecule has 6 amide bonds. The quantitative estimate of drug-likeness (QED) is 0.136. The molecule has 6 rings (SSSR count). The minimum Gasteiger partial charge on any atom is -0.534 e. The van der Waals surface area contributed by atoms with Gasteiger partial charge in [0.15, 0.2) is 28.9 Å². The van der Waals surface area contributed by atoms with Crippen LogP contribution in [0.15, 0.2) is 36.4 Å². The molecule has 2 unspecified atom stereocenters. The maximum Gasteiger partial charge on any atom is 0.547 e. The number of piperidine rings is 1. The van der Waals surface area contributed by atoms with Crippen molar-refractivity contribution in [1.29, 1.82) is 0 Å². The number of carbonyl (C=O) groups is 5. The van der Waals surface area contributed by atoms with E-state index in [0.29, 0.717) is 6.07 Å². The summed E-state index contributed by atoms with van der Waals surface area (Å²) in [7, 11) is -1.95. The number of phenols is 3. The fourth-order valence-corrected chi connectivity index (χ4v) is 6.91. The van der Waals surface area contributed by atoms with E-state index in [2.05, 4.69) is 10.6 Å². The second-order valence-corrected chi connectivity index (χ2v) is 13.1. The molecule has 3 aromatic rings. The second kappa shape index (κ2) is 14.9. The number of aromatic carboxylic acids is 1. The van der Waals surface area contributed by atoms with E-state index < -0.39 is 112 Å². The third kappa shape index (κ3) is 6.96. The van der Waals surface area contributed by atoms with Gasteiger partial charge in [-0.25, -0.2) is 32.5 Å². The summed E-state index contributed by atoms with van der Waals surface area (Å²) >= 11 is 6.17. The number of urea groups is 2. The lowest BCUT2D eigenvalue weighted by atomic mass is 9.72. The molecule has 0 radical (unpaired) electrons. The SMILES string of the molecule is O=C(O)c1c(F)ccc2c1OB(O)C(NC(=O)C(NC(=O)N1CCN(C3CCN(C(=O)c4cccc(O)c4F)CC3)C1=O)c1cc(F)c(O)c(O)c1Cl)C2. The maximum absolute atomic E-state index is 14.7. The van der Waals surface area contributed by atoms with Gasteiger partial charge in [0.1, 0.15) is 23.2 Å². The molecule has 0 saturated carbocycles. The zero-order valence-corrected chi connectivity index (χ0v) is 28.5. The lowest BCUT2D eigenvalue weighted by Crippen LogP contribution is -2.56. The van der Waals surface area contributed by atoms with Crippen LogP contribution in [-0.4, -0.2) is 115 Å². The van der Waals surface area contributed by atoms with E-state index in [1.54, 1.807) is 0 Å². The summed E-state index contributed by atoms with van der Waals surface area (Å²) in [6.45, 7) is 0.115. The molecule has 3 aromatic carbocycles. The maximum atomic E-state index is 14.7. The van der Waals surface area contributed by atoms with Crippen LogP contribution < -0.4 is 15.3 Å². The van der Waals surface area contributed by atoms with Crippen LogP contribution in [0, 0.1) is 17.5 Å². The van der Waals surface area contributed by atoms with Crippen LogP contribution in [0.1, 0.15) is 50.7 Å². The van der Waals surface area contributed by atoms with Gasteiger partial charge in [0.25, 0.3) is 5.91 Å². The Labute approximate surface area is 308 Å². The Morgan fingerprint density at radius 2 is 1.67 bits per heavy atom. The zero-order chi connectivity index (χ0) is 39.2. The standard InChI is InChI=1S/C33H30BClF3N5O11/c35-23-17(13-19(37)26(45)27(23)46)25(29(47)39-21-12-14-4-5-18(36)22(31(49)50)28(14)54-34(21)53)40-32(51)43-11-10-42(33(43)52)15-6-8-41(9-7-15)30(48)16-2-1-3-20(44)24(16)38/h1-5,13,15,21,25,44-46,53H,6-12H2,(H,39,47)(H,40,51)(H,49,50). The van der Waals surface area contributed by atoms with Gasteiger partial charge in [0, 0.05) is 37.8 Å². The number of phenolic OH excluding ortho intramolecular Hbond substituents is 3. The van der Waals surface area contributed by atoms with Crippen LogP contribution in [0.3, 0.4) is 0 Å². The lowest BCUT2D eigenvalue weighted by molar-refractivity contribution is -0.123. The van der Waals surface area contributed by atoms with Crippen molar-refractivity contribution in [2.75, 3.05) is 26.2 Å². The average Bonchev–Trinajstić information content (AvgIpc) is 3.53. The first kappa shape index (κ1) is 37.9. The number of halogens is 4. The second-order valence-electron chi connectivity index (χ2n) is 12.7. The number of likely N-dealkylation sites (tertiary alicyclic amines) is 1. The number of rotatable bonds is 7. The van der Waals surface area contributed by atoms with E-state index >= 15 is 0 Å². The van der Waals surface area contributed by atoms with E-state index in [4.69, 9.17) is 16.3 Å². The molecule has 54 heavy (non-hydrogen) atoms. The number of imide groups is 1. The molecule has 2 atom stereocenters. The van der Waals surface area contributed by atoms with Crippen molar-refractivity contribution >= 4 is 48.6 Å². The summed E-state index contributed by atoms with van der Waals surface area (Å²) in [6.07, 6.45) is 0.213. The number of aromatic hydroxyl groups is 3. The van der Waals surface area contributed by atoms with Crippen LogP contribution in [0.5, 0.6) is 23.0 Å². The number of hydrogen-bond acceptors (Lipinski definition) is 10. The van der Waals surface area contributed by atoms with Crippen molar-refractivity contribution in [2.24, 2.45) is 0 Å². The van der Waals surface area contributed by atoms with Crippen LogP contribution in [0.25, 0.3) is 0 Å². The predicted octanol–water partition coefficient (Wildman–Crippen LogP) is 2.51. The Balaban J connectivity index is 1.17. The molecule has 21 heteroatoms. The first-order chi connectivity index (χ1) is 25.6. The molecule has 0 spiro atoms. The number of benzene rings is 3. The first-order valence-electron chi connectivity index (χ1n) is 16.3. The minimum atomic E-state index is -1.99. The molecule has 2 saturated heterocycles. The molecular weight excluding hydrogens is 746 g/mol. The van der Waals surface area contributed by atoms with Gasteiger partial charge in [-0.15, -0.1) is 0 Å². The Morgan fingerprint density at radius 1 is 0.963 bits per heavy atom. The topological polar surface area (TPSA) is 230 Å². The fourth-order valence-electron chi connectivity index (χ4n) is 6.66. The molecule has 0 aliphatic carbocycles. The largest absolute Gasteiger partial charge is 0.547 e. The minimum absolute atomic E-state index is 0.0439. The molecular formula is C33H30BClF3N5O11. The monoisotopic (exact) mass is 775 g/mol. The lowest BCUT2D eigenvalue weighted by Gasteiger charge is -2.36. The fraction of sp³-hybridized carbons (Fsp3) is 0.303. The van der Waals surface area contributed by atoms with Gasteiger partial charge < -0.3 is 50.5 Å². The molecule has 0 aromatic heterocycles. The molecule has 16 nitrogen and oxygen atoms in total. The Kier molecular flexibility index (Phi) is 10.4. The van der Waals surface area contributed by atoms with Crippen molar-refractivity contribution in [3.05, 3.63) is 81.1 Å². The highest BCUT2D eigenvalue weighted by Gasteiger charge is 2.43. The number of carbonyl (C=O) groups excluding carboxylic acids is 4. The van der Waals surface area contributed by atoms with Crippen molar-refractivity contribution in [3.8, 4) is 23.0 Å². The normalized spacial score (nSPS) is 17.9. The van der Waals surface area contributed by atoms with Crippen molar-refractivity contribution in [2.45, 2.75) is 37.3 Å². The number of nitrogens with zero attached hydrogens (tertiary/aromatic N) is 3. The van der Waals surface area contributed by atoms with Gasteiger partial charge in [-0.3, -0.25) is 9.59 Å². The van der Waals surface area contributed by atoms with Gasteiger partial charge in [-0.2, -0.15) is 0 Å². The van der Waals surface area contributed by atoms with Gasteiger partial charge >= 0.3 is 25.1 Å². The third-order valence-electron chi connectivity index (χ3n) is 9.48. The van der Waals surface area contributed by atoms with Crippen molar-refractivity contribution in [1.82, 2.24) is 25.3 Å². The molecule has 7 N–H and O–H groups in total. The number of hydrogen-bond donors (Lipinski definition) is 7. The molecule has 2 fully saturated rings. The van der Waals surface area contributed by atoms with Gasteiger partial charge in [-0.1, -0.05) is 23.7 Å². The Morgan fingerprint density at radius 3 is 2.35 bits per heavy atom. The highest BCUT2D eigenvalue weighted by molar-refractivity contribution is 6.47. The highest BCUT2D eigenvalue weighted by atomic mass is 35.5. The molecule has 3 heterocycles. The highest BCUT2D eigenvalue weighted by Crippen LogP contribution is 2.41. The Bertz CT molecular complexity index is 2070. The summed E-state index contributed by atoms with van der Waals surface area (Å²) in [5.41, 5.74) is -1.65. The number of nitrogens with one attached hydrogen (secondary N) is 2. The molecule has 284 valence electrons. The summed E-state index contributed by atoms with van der Waals surface area (Å²) in [5.74, 6) is -12.1. The number of amides is 6. The number of carboxylic acid groups (broad SMARTS) is 1. The van der Waals surface area contributed by atoms with Crippen molar-refractivity contribution < 1.29 is 67.2 Å². The first-order valence-corrected chi connectivity index (χ1v) is 16.7. The van der Waals surface area contributed by atoms with Crippen LogP contribution in [-0.2, 0) is 11.2 Å². The predicted molar refractivity (Wildman–Crippen MR) is 179 cm³/mol. The molecule has 0 bridgehead atoms. The van der Waals surface area contributed by atoms with Crippen LogP contribution >= 0.6 is 11.6 Å². The van der Waals surface area contributed by atoms with E-state index in [1.165, 1.54) is 28.0 Å². The number of carboxylic acids is 1. The molecule has 3 aliphatic heterocycles. The van der Waals surface area contributed by atoms with Crippen LogP contribution in [0.2, 0.25) is 5.02 Å². The number of fused-ring (bicyclic) bond motifs is 1. The third-order valence-corrected chi connectivity index (χ3v) is 9.87. The molecule has 3 aliphatic rings. The summed E-state index contributed by atoms with van der Waals surface area (Å²) in [4.78, 5) is 68.9. The van der Waals surface area contributed by atoms with E-state index in [1.807, 2.05) is 0 Å². The summed E-state index contributed by atoms with van der Waals surface area (Å²) in [5, 5.41) is 53.7. The zero-order valence-electron chi connectivity index (χ0n) is 27.8. The van der Waals surface area contributed by atoms with E-state index in [-0.39, 0.29) is 56.6 Å². The average molecular weight is 776 g/mol. The van der Waals surface area contributed by atoms with Crippen LogP contribution in [0.4, 0.5) is 22.8 Å². The van der Waals surface area contributed by atoms with Gasteiger partial charge in [-0.05, 0) is 49.1 Å². The summed E-state index contributed by atoms with van der Waals surface area (Å²) < 4.78 is 48.5. The summed E-state index contributed by atoms with van der Waals surface area (Å²) in [6, 6.07) is 1.88. The van der Waals surface area contributed by atoms with Gasteiger partial charge in [0.05, 0.1) is 16.5 Å². The van der Waals surface area contributed by atoms with E-state index in [9.17, 15) is 62.6 Å². The Hall–Kier alpha value is -5.89. The van der Waals surface area contributed by atoms with Crippen molar-refractivity contribution in [3.63, 3.8) is 0 Å². The van der Waals surface area contributed by atoms with E-state index in [0.717, 1.165) is 17.0 Å². The smallest absolute Gasteiger partial charge is 0.534 e.